The second kappa shape index (κ2) is 6.44. The van der Waals surface area contributed by atoms with Crippen molar-refractivity contribution in [2.45, 2.75) is 27.2 Å². The first-order valence-electron chi connectivity index (χ1n) is 8.06. The summed E-state index contributed by atoms with van der Waals surface area (Å²) in [6.45, 7) is 9.14. The van der Waals surface area contributed by atoms with Crippen molar-refractivity contribution in [3.05, 3.63) is 46.8 Å². The molecule has 0 unspecified atom stereocenters. The first-order valence-corrected chi connectivity index (χ1v) is 8.06. The Hall–Kier alpha value is -2.30. The van der Waals surface area contributed by atoms with Crippen LogP contribution in [0.3, 0.4) is 0 Å². The van der Waals surface area contributed by atoms with Crippen LogP contribution in [0, 0.1) is 20.8 Å². The number of piperazine rings is 1. The standard InChI is InChI=1S/C18H23N3O2/c1-13-6-4-5-7-17(13)20-8-10-21(11-9-20)18(22)12-16-14(2)19-23-15(16)3/h4-7H,8-12H2,1-3H3. The van der Waals surface area contributed by atoms with Gasteiger partial charge in [-0.15, -0.1) is 0 Å². The molecule has 1 amide bonds. The van der Waals surface area contributed by atoms with Gasteiger partial charge in [0.15, 0.2) is 0 Å². The van der Waals surface area contributed by atoms with E-state index in [0.29, 0.717) is 6.42 Å². The van der Waals surface area contributed by atoms with E-state index in [1.54, 1.807) is 0 Å². The molecule has 1 fully saturated rings. The second-order valence-electron chi connectivity index (χ2n) is 6.13. The van der Waals surface area contributed by atoms with E-state index in [0.717, 1.165) is 43.2 Å². The summed E-state index contributed by atoms with van der Waals surface area (Å²) in [5, 5.41) is 3.92. The third-order valence-electron chi connectivity index (χ3n) is 4.60. The molecule has 0 aliphatic carbocycles. The zero-order valence-corrected chi connectivity index (χ0v) is 14.0. The Morgan fingerprint density at radius 3 is 2.43 bits per heavy atom. The Bertz CT molecular complexity index is 681. The number of carbonyl (C=O) groups is 1. The number of amides is 1. The van der Waals surface area contributed by atoms with Crippen molar-refractivity contribution in [1.82, 2.24) is 10.1 Å². The first-order chi connectivity index (χ1) is 11.1. The molecule has 122 valence electrons. The molecular weight excluding hydrogens is 290 g/mol. The maximum atomic E-state index is 12.5. The first kappa shape index (κ1) is 15.6. The minimum absolute atomic E-state index is 0.156. The monoisotopic (exact) mass is 313 g/mol. The highest BCUT2D eigenvalue weighted by atomic mass is 16.5. The fourth-order valence-electron chi connectivity index (χ4n) is 3.13. The molecular formula is C18H23N3O2. The molecule has 0 saturated carbocycles. The molecule has 5 heteroatoms. The van der Waals surface area contributed by atoms with E-state index in [9.17, 15) is 4.79 Å². The number of aryl methyl sites for hydroxylation is 3. The van der Waals surface area contributed by atoms with Crippen molar-refractivity contribution in [2.24, 2.45) is 0 Å². The normalized spacial score (nSPS) is 15.1. The minimum atomic E-state index is 0.156. The summed E-state index contributed by atoms with van der Waals surface area (Å²) < 4.78 is 5.14. The molecule has 1 aromatic carbocycles. The van der Waals surface area contributed by atoms with Crippen LogP contribution >= 0.6 is 0 Å². The number of para-hydroxylation sites is 1. The fourth-order valence-corrected chi connectivity index (χ4v) is 3.13. The quantitative estimate of drug-likeness (QED) is 0.873. The van der Waals surface area contributed by atoms with E-state index in [1.165, 1.54) is 11.3 Å². The molecule has 0 bridgehead atoms. The zero-order valence-electron chi connectivity index (χ0n) is 14.0. The van der Waals surface area contributed by atoms with Gasteiger partial charge in [-0.3, -0.25) is 4.79 Å². The van der Waals surface area contributed by atoms with Crippen molar-refractivity contribution in [3.8, 4) is 0 Å². The summed E-state index contributed by atoms with van der Waals surface area (Å²) in [6.07, 6.45) is 0.380. The van der Waals surface area contributed by atoms with Crippen LogP contribution in [-0.4, -0.2) is 42.1 Å². The number of benzene rings is 1. The summed E-state index contributed by atoms with van der Waals surface area (Å²) in [7, 11) is 0. The van der Waals surface area contributed by atoms with Crippen LogP contribution in [0.1, 0.15) is 22.6 Å². The maximum Gasteiger partial charge on any atom is 0.227 e. The van der Waals surface area contributed by atoms with E-state index in [-0.39, 0.29) is 5.91 Å². The second-order valence-corrected chi connectivity index (χ2v) is 6.13. The number of nitrogens with zero attached hydrogens (tertiary/aromatic N) is 3. The molecule has 23 heavy (non-hydrogen) atoms. The molecule has 1 aliphatic rings. The number of carbonyl (C=O) groups excluding carboxylic acids is 1. The molecule has 5 nitrogen and oxygen atoms in total. The van der Waals surface area contributed by atoms with Gasteiger partial charge in [0, 0.05) is 37.4 Å². The lowest BCUT2D eigenvalue weighted by atomic mass is 10.1. The molecule has 0 radical (unpaired) electrons. The summed E-state index contributed by atoms with van der Waals surface area (Å²) in [5.41, 5.74) is 4.29. The van der Waals surface area contributed by atoms with Crippen molar-refractivity contribution < 1.29 is 9.32 Å². The Morgan fingerprint density at radius 2 is 1.83 bits per heavy atom. The van der Waals surface area contributed by atoms with Gasteiger partial charge in [-0.1, -0.05) is 23.4 Å². The summed E-state index contributed by atoms with van der Waals surface area (Å²) in [4.78, 5) is 16.8. The van der Waals surface area contributed by atoms with Gasteiger partial charge in [0.1, 0.15) is 5.76 Å². The van der Waals surface area contributed by atoms with E-state index >= 15 is 0 Å². The predicted octanol–water partition coefficient (Wildman–Crippen LogP) is 2.49. The number of aromatic nitrogens is 1. The minimum Gasteiger partial charge on any atom is -0.368 e. The van der Waals surface area contributed by atoms with Crippen LogP contribution in [0.25, 0.3) is 0 Å². The Morgan fingerprint density at radius 1 is 1.13 bits per heavy atom. The van der Waals surface area contributed by atoms with Gasteiger partial charge in [-0.05, 0) is 32.4 Å². The van der Waals surface area contributed by atoms with Crippen LogP contribution in [0.15, 0.2) is 28.8 Å². The fraction of sp³-hybridized carbons (Fsp3) is 0.444. The van der Waals surface area contributed by atoms with E-state index in [4.69, 9.17) is 4.52 Å². The van der Waals surface area contributed by atoms with Gasteiger partial charge < -0.3 is 14.3 Å². The molecule has 0 spiro atoms. The highest BCUT2D eigenvalue weighted by molar-refractivity contribution is 5.79. The molecule has 1 saturated heterocycles. The predicted molar refractivity (Wildman–Crippen MR) is 89.7 cm³/mol. The van der Waals surface area contributed by atoms with Gasteiger partial charge >= 0.3 is 0 Å². The molecule has 0 atom stereocenters. The topological polar surface area (TPSA) is 49.6 Å². The lowest BCUT2D eigenvalue weighted by Crippen LogP contribution is -2.49. The van der Waals surface area contributed by atoms with Gasteiger partial charge in [0.2, 0.25) is 5.91 Å². The largest absolute Gasteiger partial charge is 0.368 e. The molecule has 0 N–H and O–H groups in total. The number of rotatable bonds is 3. The van der Waals surface area contributed by atoms with Gasteiger partial charge in [0.25, 0.3) is 0 Å². The van der Waals surface area contributed by atoms with E-state index in [1.807, 2.05) is 18.7 Å². The van der Waals surface area contributed by atoms with Crippen LogP contribution in [0.5, 0.6) is 0 Å². The summed E-state index contributed by atoms with van der Waals surface area (Å²) in [6, 6.07) is 8.40. The molecule has 2 aromatic rings. The van der Waals surface area contributed by atoms with Crippen molar-refractivity contribution >= 4 is 11.6 Å². The number of hydrogen-bond donors (Lipinski definition) is 0. The molecule has 2 heterocycles. The Balaban J connectivity index is 1.61. The smallest absolute Gasteiger partial charge is 0.227 e. The van der Waals surface area contributed by atoms with Crippen molar-refractivity contribution in [1.29, 1.82) is 0 Å². The highest BCUT2D eigenvalue weighted by Crippen LogP contribution is 2.21. The van der Waals surface area contributed by atoms with E-state index < -0.39 is 0 Å². The SMILES string of the molecule is Cc1ccccc1N1CCN(C(=O)Cc2c(C)noc2C)CC1. The van der Waals surface area contributed by atoms with Crippen LogP contribution < -0.4 is 4.90 Å². The summed E-state index contributed by atoms with van der Waals surface area (Å²) >= 11 is 0. The average molecular weight is 313 g/mol. The Kier molecular flexibility index (Phi) is 4.37. The third kappa shape index (κ3) is 3.23. The lowest BCUT2D eigenvalue weighted by molar-refractivity contribution is -0.130. The van der Waals surface area contributed by atoms with Gasteiger partial charge in [0.05, 0.1) is 12.1 Å². The average Bonchev–Trinajstić information content (AvgIpc) is 2.87. The molecule has 1 aromatic heterocycles. The summed E-state index contributed by atoms with van der Waals surface area (Å²) in [5.74, 6) is 0.901. The third-order valence-corrected chi connectivity index (χ3v) is 4.60. The van der Waals surface area contributed by atoms with Crippen LogP contribution in [0.4, 0.5) is 5.69 Å². The van der Waals surface area contributed by atoms with Crippen LogP contribution in [0.2, 0.25) is 0 Å². The van der Waals surface area contributed by atoms with E-state index in [2.05, 4.69) is 41.2 Å². The van der Waals surface area contributed by atoms with Crippen molar-refractivity contribution in [3.63, 3.8) is 0 Å². The maximum absolute atomic E-state index is 12.5. The number of anilines is 1. The Labute approximate surface area is 136 Å². The number of hydrogen-bond acceptors (Lipinski definition) is 4. The van der Waals surface area contributed by atoms with Crippen molar-refractivity contribution in [2.75, 3.05) is 31.1 Å². The lowest BCUT2D eigenvalue weighted by Gasteiger charge is -2.36. The zero-order chi connectivity index (χ0) is 16.4. The molecule has 1 aliphatic heterocycles. The highest BCUT2D eigenvalue weighted by Gasteiger charge is 2.23. The van der Waals surface area contributed by atoms with Crippen LogP contribution in [-0.2, 0) is 11.2 Å². The molecule has 3 rings (SSSR count). The van der Waals surface area contributed by atoms with Gasteiger partial charge in [-0.25, -0.2) is 0 Å². The van der Waals surface area contributed by atoms with Gasteiger partial charge in [-0.2, -0.15) is 0 Å².